The van der Waals surface area contributed by atoms with Crippen molar-refractivity contribution in [2.45, 2.75) is 52.1 Å². The second-order valence-corrected chi connectivity index (χ2v) is 10.2. The first-order valence-electron chi connectivity index (χ1n) is 10.6. The van der Waals surface area contributed by atoms with Crippen LogP contribution in [-0.4, -0.2) is 67.6 Å². The number of benzene rings is 1. The molecule has 0 fully saturated rings. The fraction of sp³-hybridized carbons (Fsp3) is 0.591. The van der Waals surface area contributed by atoms with E-state index in [1.807, 2.05) is 6.07 Å². The zero-order chi connectivity index (χ0) is 25.1. The van der Waals surface area contributed by atoms with E-state index in [0.717, 1.165) is 5.56 Å². The molecule has 0 saturated heterocycles. The number of aliphatic carboxylic acids is 1. The molecule has 0 saturated carbocycles. The molecule has 186 valence electrons. The number of hydrogen-bond donors (Lipinski definition) is 3. The molecule has 1 rings (SSSR count). The van der Waals surface area contributed by atoms with E-state index in [1.165, 1.54) is 20.8 Å². The molecule has 1 atom stereocenters. The molecule has 0 aliphatic heterocycles. The largest absolute Gasteiger partial charge is 0.479 e. The van der Waals surface area contributed by atoms with Crippen LogP contribution < -0.4 is 5.32 Å². The van der Waals surface area contributed by atoms with Gasteiger partial charge in [0.25, 0.3) is 10.1 Å². The Morgan fingerprint density at radius 2 is 1.73 bits per heavy atom. The Morgan fingerprint density at radius 3 is 2.30 bits per heavy atom. The van der Waals surface area contributed by atoms with Gasteiger partial charge in [0.1, 0.15) is 0 Å². The highest BCUT2D eigenvalue weighted by atomic mass is 32.2. The number of aliphatic hydroxyl groups is 1. The Balaban J connectivity index is 2.58. The number of rotatable bonds is 15. The summed E-state index contributed by atoms with van der Waals surface area (Å²) in [6.45, 7) is 3.57. The summed E-state index contributed by atoms with van der Waals surface area (Å²) >= 11 is 0. The summed E-state index contributed by atoms with van der Waals surface area (Å²) in [5.74, 6) is -2.67. The lowest BCUT2D eigenvalue weighted by Gasteiger charge is -2.38. The van der Waals surface area contributed by atoms with Crippen LogP contribution >= 0.6 is 0 Å². The number of carboxylic acid groups (broad SMARTS) is 1. The molecule has 1 aromatic carbocycles. The van der Waals surface area contributed by atoms with Gasteiger partial charge in [0, 0.05) is 18.9 Å². The van der Waals surface area contributed by atoms with E-state index in [2.05, 4.69) is 5.32 Å². The Morgan fingerprint density at radius 1 is 1.09 bits per heavy atom. The first kappa shape index (κ1) is 28.5. The number of nitrogens with one attached hydrogen (secondary N) is 1. The molecular weight excluding hydrogens is 454 g/mol. The predicted molar refractivity (Wildman–Crippen MR) is 120 cm³/mol. The van der Waals surface area contributed by atoms with Crippen molar-refractivity contribution in [3.8, 4) is 0 Å². The first-order valence-corrected chi connectivity index (χ1v) is 12.1. The van der Waals surface area contributed by atoms with Crippen LogP contribution in [0.3, 0.4) is 0 Å². The van der Waals surface area contributed by atoms with Gasteiger partial charge in [-0.2, -0.15) is 8.42 Å². The third-order valence-electron chi connectivity index (χ3n) is 5.16. The molecule has 33 heavy (non-hydrogen) atoms. The molecule has 0 unspecified atom stereocenters. The maximum Gasteiger partial charge on any atom is 0.336 e. The van der Waals surface area contributed by atoms with Crippen LogP contribution in [0.1, 0.15) is 45.6 Å². The van der Waals surface area contributed by atoms with Gasteiger partial charge in [-0.15, -0.1) is 0 Å². The maximum absolute atomic E-state index is 12.1. The number of ether oxygens (including phenoxy) is 1. The van der Waals surface area contributed by atoms with Crippen molar-refractivity contribution in [3.63, 3.8) is 0 Å². The number of carbonyl (C=O) groups excluding carboxylic acids is 2. The van der Waals surface area contributed by atoms with Gasteiger partial charge in [-0.3, -0.25) is 13.8 Å². The molecule has 0 aliphatic rings. The molecule has 1 amide bonds. The third kappa shape index (κ3) is 9.89. The van der Waals surface area contributed by atoms with Gasteiger partial charge in [-0.05, 0) is 24.8 Å². The SMILES string of the molecule is CC(=O)NCCCS(=O)(=O)OCC(C)(C)[C@](O)(CCCOC(=O)Cc1ccccc1)C(=O)O. The van der Waals surface area contributed by atoms with Gasteiger partial charge in [0.05, 0.1) is 25.4 Å². The Bertz CT molecular complexity index is 900. The summed E-state index contributed by atoms with van der Waals surface area (Å²) in [5, 5.41) is 22.9. The van der Waals surface area contributed by atoms with Gasteiger partial charge in [-0.25, -0.2) is 4.79 Å². The predicted octanol–water partition coefficient (Wildman–Crippen LogP) is 1.27. The van der Waals surface area contributed by atoms with Crippen LogP contribution in [-0.2, 0) is 39.8 Å². The lowest BCUT2D eigenvalue weighted by molar-refractivity contribution is -0.177. The van der Waals surface area contributed by atoms with Gasteiger partial charge in [-0.1, -0.05) is 44.2 Å². The number of esters is 1. The summed E-state index contributed by atoms with van der Waals surface area (Å²) in [6.07, 6.45) is -0.0286. The molecule has 3 N–H and O–H groups in total. The molecule has 11 heteroatoms. The summed E-state index contributed by atoms with van der Waals surface area (Å²) in [6, 6.07) is 8.97. The van der Waals surface area contributed by atoms with Crippen molar-refractivity contribution >= 4 is 28.0 Å². The van der Waals surface area contributed by atoms with Gasteiger partial charge < -0.3 is 20.3 Å². The molecule has 1 aromatic rings. The number of carbonyl (C=O) groups is 3. The summed E-state index contributed by atoms with van der Waals surface area (Å²) in [4.78, 5) is 34.6. The third-order valence-corrected chi connectivity index (χ3v) is 6.42. The maximum atomic E-state index is 12.1. The molecular formula is C22H33NO9S. The minimum Gasteiger partial charge on any atom is -0.479 e. The van der Waals surface area contributed by atoms with Crippen molar-refractivity contribution in [1.82, 2.24) is 5.32 Å². The quantitative estimate of drug-likeness (QED) is 0.188. The van der Waals surface area contributed by atoms with Gasteiger partial charge in [0.15, 0.2) is 5.60 Å². The number of carboxylic acids is 1. The topological polar surface area (TPSA) is 156 Å². The first-order chi connectivity index (χ1) is 15.3. The smallest absolute Gasteiger partial charge is 0.336 e. The van der Waals surface area contributed by atoms with Gasteiger partial charge >= 0.3 is 11.9 Å². The minimum atomic E-state index is -3.99. The van der Waals surface area contributed by atoms with Crippen LogP contribution in [0.2, 0.25) is 0 Å². The van der Waals surface area contributed by atoms with Crippen molar-refractivity contribution in [2.24, 2.45) is 5.41 Å². The number of amides is 1. The molecule has 0 radical (unpaired) electrons. The van der Waals surface area contributed by atoms with E-state index < -0.39 is 39.7 Å². The Hall–Kier alpha value is -2.50. The van der Waals surface area contributed by atoms with Crippen LogP contribution in [0.4, 0.5) is 0 Å². The lowest BCUT2D eigenvalue weighted by Crippen LogP contribution is -2.54. The van der Waals surface area contributed by atoms with E-state index in [-0.39, 0.29) is 50.5 Å². The highest BCUT2D eigenvalue weighted by Gasteiger charge is 2.50. The molecule has 0 bridgehead atoms. The molecule has 0 aromatic heterocycles. The monoisotopic (exact) mass is 487 g/mol. The highest BCUT2D eigenvalue weighted by Crippen LogP contribution is 2.36. The lowest BCUT2D eigenvalue weighted by atomic mass is 9.73. The average molecular weight is 488 g/mol. The van der Waals surface area contributed by atoms with Crippen molar-refractivity contribution in [1.29, 1.82) is 0 Å². The van der Waals surface area contributed by atoms with Crippen LogP contribution in [0.15, 0.2) is 30.3 Å². The van der Waals surface area contributed by atoms with E-state index in [1.54, 1.807) is 24.3 Å². The average Bonchev–Trinajstić information content (AvgIpc) is 2.73. The summed E-state index contributed by atoms with van der Waals surface area (Å²) in [7, 11) is -3.99. The van der Waals surface area contributed by atoms with E-state index in [0.29, 0.717) is 0 Å². The fourth-order valence-electron chi connectivity index (χ4n) is 2.99. The molecule has 0 spiro atoms. The second kappa shape index (κ2) is 12.7. The van der Waals surface area contributed by atoms with E-state index >= 15 is 0 Å². The van der Waals surface area contributed by atoms with Crippen molar-refractivity contribution < 1.29 is 41.9 Å². The molecule has 0 aliphatic carbocycles. The summed E-state index contributed by atoms with van der Waals surface area (Å²) < 4.78 is 34.2. The van der Waals surface area contributed by atoms with Crippen LogP contribution in [0.5, 0.6) is 0 Å². The zero-order valence-electron chi connectivity index (χ0n) is 19.2. The molecule has 0 heterocycles. The summed E-state index contributed by atoms with van der Waals surface area (Å²) in [5.41, 5.74) is -3.01. The van der Waals surface area contributed by atoms with Gasteiger partial charge in [0.2, 0.25) is 5.91 Å². The van der Waals surface area contributed by atoms with Crippen LogP contribution in [0, 0.1) is 5.41 Å². The van der Waals surface area contributed by atoms with Crippen molar-refractivity contribution in [3.05, 3.63) is 35.9 Å². The fourth-order valence-corrected chi connectivity index (χ4v) is 4.08. The van der Waals surface area contributed by atoms with Crippen LogP contribution in [0.25, 0.3) is 0 Å². The highest BCUT2D eigenvalue weighted by molar-refractivity contribution is 7.86. The minimum absolute atomic E-state index is 0.0518. The normalized spacial score (nSPS) is 13.7. The second-order valence-electron chi connectivity index (χ2n) is 8.40. The Labute approximate surface area is 194 Å². The van der Waals surface area contributed by atoms with E-state index in [4.69, 9.17) is 8.92 Å². The Kier molecular flexibility index (Phi) is 10.9. The standard InChI is InChI=1S/C22H33NO9S/c1-17(24)23-12-8-14-33(29,30)32-16-21(2,3)22(28,20(26)27)11-7-13-31-19(25)15-18-9-5-4-6-10-18/h4-6,9-10,28H,7-8,11-16H2,1-3H3,(H,23,24)(H,26,27)/t22-/m0/s1. The molecule has 10 nitrogen and oxygen atoms in total. The number of hydrogen-bond acceptors (Lipinski definition) is 8. The van der Waals surface area contributed by atoms with Crippen molar-refractivity contribution in [2.75, 3.05) is 25.5 Å². The van der Waals surface area contributed by atoms with E-state index in [9.17, 15) is 33.0 Å². The zero-order valence-corrected chi connectivity index (χ0v) is 20.0.